The maximum atomic E-state index is 12.3. The molecule has 0 bridgehead atoms. The zero-order valence-corrected chi connectivity index (χ0v) is 13.0. The average molecular weight is 332 g/mol. The van der Waals surface area contributed by atoms with E-state index in [0.29, 0.717) is 16.1 Å². The minimum absolute atomic E-state index is 0.0985. The van der Waals surface area contributed by atoms with Crippen LogP contribution in [0.2, 0.25) is 10.2 Å². The lowest BCUT2D eigenvalue weighted by atomic mass is 10.2. The highest BCUT2D eigenvalue weighted by Crippen LogP contribution is 2.25. The third-order valence-corrected chi connectivity index (χ3v) is 4.72. The van der Waals surface area contributed by atoms with E-state index < -0.39 is 10.0 Å². The maximum absolute atomic E-state index is 12.3. The molecular formula is C12H11Cl2N3O2S. The van der Waals surface area contributed by atoms with Crippen LogP contribution in [-0.2, 0) is 10.0 Å². The van der Waals surface area contributed by atoms with Crippen LogP contribution >= 0.6 is 23.2 Å². The molecule has 0 spiro atoms. The summed E-state index contributed by atoms with van der Waals surface area (Å²) in [6, 6.07) is 6.01. The van der Waals surface area contributed by atoms with Crippen molar-refractivity contribution in [1.82, 2.24) is 10.2 Å². The van der Waals surface area contributed by atoms with Gasteiger partial charge in [0.2, 0.25) is 0 Å². The van der Waals surface area contributed by atoms with Gasteiger partial charge in [0.05, 0.1) is 4.90 Å². The lowest BCUT2D eigenvalue weighted by Crippen LogP contribution is -2.15. The largest absolute Gasteiger partial charge is 0.263 e. The van der Waals surface area contributed by atoms with Gasteiger partial charge in [0.25, 0.3) is 10.0 Å². The number of hydrogen-bond donors (Lipinski definition) is 1. The number of rotatable bonds is 3. The van der Waals surface area contributed by atoms with Crippen molar-refractivity contribution in [2.24, 2.45) is 0 Å². The Labute approximate surface area is 127 Å². The van der Waals surface area contributed by atoms with E-state index in [4.69, 9.17) is 23.2 Å². The third-order valence-electron chi connectivity index (χ3n) is 2.62. The van der Waals surface area contributed by atoms with E-state index in [1.54, 1.807) is 19.9 Å². The Hall–Kier alpha value is -1.37. The summed E-state index contributed by atoms with van der Waals surface area (Å²) in [6.07, 6.45) is 0. The fraction of sp³-hybridized carbons (Fsp3) is 0.167. The molecule has 2 rings (SSSR count). The summed E-state index contributed by atoms with van der Waals surface area (Å²) in [4.78, 5) is 0.149. The summed E-state index contributed by atoms with van der Waals surface area (Å²) in [6.45, 7) is 3.41. The number of halogens is 2. The Bertz CT molecular complexity index is 746. The first-order valence-corrected chi connectivity index (χ1v) is 7.82. The number of nitrogens with zero attached hydrogens (tertiary/aromatic N) is 2. The molecule has 0 fully saturated rings. The second-order valence-electron chi connectivity index (χ2n) is 4.21. The Morgan fingerprint density at radius 3 is 2.35 bits per heavy atom. The first-order chi connectivity index (χ1) is 9.29. The van der Waals surface area contributed by atoms with Crippen molar-refractivity contribution < 1.29 is 8.42 Å². The van der Waals surface area contributed by atoms with Crippen molar-refractivity contribution in [3.63, 3.8) is 0 Å². The van der Waals surface area contributed by atoms with Crippen LogP contribution in [0.4, 0.5) is 5.82 Å². The van der Waals surface area contributed by atoms with E-state index in [1.165, 1.54) is 18.2 Å². The summed E-state index contributed by atoms with van der Waals surface area (Å²) < 4.78 is 27.0. The molecule has 0 saturated carbocycles. The molecule has 1 N–H and O–H groups in total. The van der Waals surface area contributed by atoms with Gasteiger partial charge >= 0.3 is 0 Å². The quantitative estimate of drug-likeness (QED) is 0.937. The van der Waals surface area contributed by atoms with Gasteiger partial charge in [-0.2, -0.15) is 0 Å². The van der Waals surface area contributed by atoms with E-state index in [-0.39, 0.29) is 15.9 Å². The Kier molecular flexibility index (Phi) is 4.17. The van der Waals surface area contributed by atoms with Crippen LogP contribution in [0, 0.1) is 13.8 Å². The smallest absolute Gasteiger partial charge is 0.262 e. The minimum Gasteiger partial charge on any atom is -0.262 e. The molecule has 0 aliphatic carbocycles. The number of sulfonamides is 1. The van der Waals surface area contributed by atoms with Gasteiger partial charge in [-0.1, -0.05) is 23.2 Å². The molecule has 1 heterocycles. The Morgan fingerprint density at radius 2 is 1.75 bits per heavy atom. The number of benzene rings is 1. The fourth-order valence-electron chi connectivity index (χ4n) is 1.61. The van der Waals surface area contributed by atoms with Gasteiger partial charge in [-0.3, -0.25) is 4.72 Å². The van der Waals surface area contributed by atoms with Crippen LogP contribution in [0.5, 0.6) is 0 Å². The SMILES string of the molecule is Cc1cc(S(=O)(=O)Nc2ccc(Cl)nn2)c(C)cc1Cl. The second kappa shape index (κ2) is 5.55. The van der Waals surface area contributed by atoms with Crippen molar-refractivity contribution in [2.75, 3.05) is 4.72 Å². The van der Waals surface area contributed by atoms with Crippen LogP contribution < -0.4 is 4.72 Å². The van der Waals surface area contributed by atoms with Gasteiger partial charge in [0.15, 0.2) is 11.0 Å². The lowest BCUT2D eigenvalue weighted by Gasteiger charge is -2.11. The molecule has 1 aromatic carbocycles. The summed E-state index contributed by atoms with van der Waals surface area (Å²) >= 11 is 11.6. The van der Waals surface area contributed by atoms with Crippen LogP contribution in [0.25, 0.3) is 0 Å². The number of nitrogens with one attached hydrogen (secondary N) is 1. The summed E-state index contributed by atoms with van der Waals surface area (Å²) in [7, 11) is -3.75. The highest BCUT2D eigenvalue weighted by Gasteiger charge is 2.19. The van der Waals surface area contributed by atoms with Crippen LogP contribution in [0.1, 0.15) is 11.1 Å². The average Bonchev–Trinajstić information content (AvgIpc) is 2.36. The molecular weight excluding hydrogens is 321 g/mol. The maximum Gasteiger partial charge on any atom is 0.263 e. The van der Waals surface area contributed by atoms with Crippen molar-refractivity contribution in [3.05, 3.63) is 45.6 Å². The second-order valence-corrected chi connectivity index (χ2v) is 6.66. The highest BCUT2D eigenvalue weighted by molar-refractivity contribution is 7.92. The van der Waals surface area contributed by atoms with Crippen LogP contribution in [0.15, 0.2) is 29.2 Å². The zero-order valence-electron chi connectivity index (χ0n) is 10.7. The van der Waals surface area contributed by atoms with Gasteiger partial charge in [-0.25, -0.2) is 8.42 Å². The van der Waals surface area contributed by atoms with Crippen molar-refractivity contribution in [2.45, 2.75) is 18.7 Å². The molecule has 0 radical (unpaired) electrons. The number of anilines is 1. The molecule has 0 unspecified atom stereocenters. The number of hydrogen-bond acceptors (Lipinski definition) is 4. The standard InChI is InChI=1S/C12H11Cl2N3O2S/c1-7-6-10(8(2)5-9(7)13)20(18,19)17-12-4-3-11(14)15-16-12/h3-6H,1-2H3,(H,16,17). The molecule has 106 valence electrons. The molecule has 0 atom stereocenters. The Morgan fingerprint density at radius 1 is 1.05 bits per heavy atom. The molecule has 0 aliphatic rings. The van der Waals surface area contributed by atoms with E-state index in [1.807, 2.05) is 0 Å². The Balaban J connectivity index is 2.40. The topological polar surface area (TPSA) is 72.0 Å². The normalized spacial score (nSPS) is 11.4. The predicted octanol–water partition coefficient (Wildman–Crippen LogP) is 3.20. The summed E-state index contributed by atoms with van der Waals surface area (Å²) in [5.74, 6) is 0.0985. The van der Waals surface area contributed by atoms with Gasteiger partial charge < -0.3 is 0 Å². The van der Waals surface area contributed by atoms with E-state index >= 15 is 0 Å². The minimum atomic E-state index is -3.75. The summed E-state index contributed by atoms with van der Waals surface area (Å²) in [5.41, 5.74) is 1.23. The van der Waals surface area contributed by atoms with Gasteiger partial charge in [-0.05, 0) is 49.2 Å². The molecule has 0 aliphatic heterocycles. The van der Waals surface area contributed by atoms with Gasteiger partial charge in [-0.15, -0.1) is 10.2 Å². The van der Waals surface area contributed by atoms with Crippen molar-refractivity contribution >= 4 is 39.0 Å². The number of aromatic nitrogens is 2. The molecule has 1 aromatic heterocycles. The highest BCUT2D eigenvalue weighted by atomic mass is 35.5. The third kappa shape index (κ3) is 3.20. The molecule has 0 amide bonds. The molecule has 2 aromatic rings. The predicted molar refractivity (Wildman–Crippen MR) is 78.8 cm³/mol. The van der Waals surface area contributed by atoms with Gasteiger partial charge in [0, 0.05) is 5.02 Å². The zero-order chi connectivity index (χ0) is 14.9. The summed E-state index contributed by atoms with van der Waals surface area (Å²) in [5, 5.41) is 7.95. The number of aryl methyl sites for hydroxylation is 2. The lowest BCUT2D eigenvalue weighted by molar-refractivity contribution is 0.600. The van der Waals surface area contributed by atoms with Crippen molar-refractivity contribution in [3.8, 4) is 0 Å². The van der Waals surface area contributed by atoms with E-state index in [0.717, 1.165) is 0 Å². The first-order valence-electron chi connectivity index (χ1n) is 5.58. The monoisotopic (exact) mass is 331 g/mol. The molecule has 0 saturated heterocycles. The van der Waals surface area contributed by atoms with E-state index in [2.05, 4.69) is 14.9 Å². The van der Waals surface area contributed by atoms with Crippen LogP contribution in [0.3, 0.4) is 0 Å². The molecule has 20 heavy (non-hydrogen) atoms. The van der Waals surface area contributed by atoms with Crippen molar-refractivity contribution in [1.29, 1.82) is 0 Å². The molecule has 8 heteroatoms. The van der Waals surface area contributed by atoms with E-state index in [9.17, 15) is 8.42 Å². The van der Waals surface area contributed by atoms with Gasteiger partial charge in [0.1, 0.15) is 0 Å². The first kappa shape index (κ1) is 15.0. The fourth-order valence-corrected chi connectivity index (χ4v) is 3.23. The van der Waals surface area contributed by atoms with Crippen LogP contribution in [-0.4, -0.2) is 18.6 Å². The molecule has 5 nitrogen and oxygen atoms in total.